The molecule has 0 radical (unpaired) electrons. The molecule has 116 valence electrons. The van der Waals surface area contributed by atoms with Gasteiger partial charge >= 0.3 is 0 Å². The van der Waals surface area contributed by atoms with Gasteiger partial charge in [0.1, 0.15) is 11.9 Å². The van der Waals surface area contributed by atoms with Gasteiger partial charge in [-0.1, -0.05) is 31.4 Å². The SMILES string of the molecule is CC(N)c1cccc(OC2CCOC3(CCCCC3)C2)c1. The molecular weight excluding hydrogens is 262 g/mol. The van der Waals surface area contributed by atoms with Crippen LogP contribution in [0, 0.1) is 0 Å². The van der Waals surface area contributed by atoms with E-state index in [0.717, 1.165) is 30.8 Å². The van der Waals surface area contributed by atoms with Gasteiger partial charge in [0, 0.05) is 18.9 Å². The van der Waals surface area contributed by atoms with Gasteiger partial charge < -0.3 is 15.2 Å². The normalized spacial score (nSPS) is 26.5. The quantitative estimate of drug-likeness (QED) is 0.915. The Labute approximate surface area is 127 Å². The van der Waals surface area contributed by atoms with Crippen LogP contribution in [0.25, 0.3) is 0 Å². The van der Waals surface area contributed by atoms with Gasteiger partial charge in [-0.15, -0.1) is 0 Å². The van der Waals surface area contributed by atoms with E-state index in [-0.39, 0.29) is 17.7 Å². The number of hydrogen-bond donors (Lipinski definition) is 1. The molecule has 1 saturated carbocycles. The number of hydrogen-bond acceptors (Lipinski definition) is 3. The Morgan fingerprint density at radius 1 is 1.29 bits per heavy atom. The molecule has 1 aliphatic carbocycles. The van der Waals surface area contributed by atoms with Crippen molar-refractivity contribution in [1.29, 1.82) is 0 Å². The summed E-state index contributed by atoms with van der Waals surface area (Å²) in [6.45, 7) is 2.84. The smallest absolute Gasteiger partial charge is 0.120 e. The summed E-state index contributed by atoms with van der Waals surface area (Å²) in [6.07, 6.45) is 8.66. The van der Waals surface area contributed by atoms with E-state index >= 15 is 0 Å². The highest BCUT2D eigenvalue weighted by atomic mass is 16.5. The van der Waals surface area contributed by atoms with Crippen LogP contribution in [0.5, 0.6) is 5.75 Å². The van der Waals surface area contributed by atoms with Gasteiger partial charge in [0.25, 0.3) is 0 Å². The molecule has 0 aromatic heterocycles. The first-order valence-corrected chi connectivity index (χ1v) is 8.33. The molecule has 2 aliphatic rings. The van der Waals surface area contributed by atoms with E-state index in [1.165, 1.54) is 32.1 Å². The first-order valence-electron chi connectivity index (χ1n) is 8.33. The summed E-state index contributed by atoms with van der Waals surface area (Å²) in [4.78, 5) is 0. The van der Waals surface area contributed by atoms with E-state index in [1.54, 1.807) is 0 Å². The Balaban J connectivity index is 1.65. The Bertz CT molecular complexity index is 461. The summed E-state index contributed by atoms with van der Waals surface area (Å²) in [5.41, 5.74) is 7.18. The van der Waals surface area contributed by atoms with Gasteiger partial charge in [-0.2, -0.15) is 0 Å². The largest absolute Gasteiger partial charge is 0.490 e. The van der Waals surface area contributed by atoms with E-state index in [0.29, 0.717) is 0 Å². The average molecular weight is 289 g/mol. The third kappa shape index (κ3) is 3.58. The highest BCUT2D eigenvalue weighted by molar-refractivity contribution is 5.30. The van der Waals surface area contributed by atoms with Gasteiger partial charge in [0.15, 0.2) is 0 Å². The summed E-state index contributed by atoms with van der Waals surface area (Å²) in [6, 6.07) is 8.25. The second-order valence-corrected chi connectivity index (χ2v) is 6.69. The lowest BCUT2D eigenvalue weighted by atomic mass is 9.79. The fourth-order valence-corrected chi connectivity index (χ4v) is 3.69. The van der Waals surface area contributed by atoms with Crippen LogP contribution in [-0.4, -0.2) is 18.3 Å². The minimum absolute atomic E-state index is 0.0490. The Morgan fingerprint density at radius 3 is 2.86 bits per heavy atom. The second kappa shape index (κ2) is 6.37. The van der Waals surface area contributed by atoms with Crippen LogP contribution in [0.2, 0.25) is 0 Å². The van der Waals surface area contributed by atoms with E-state index < -0.39 is 0 Å². The molecule has 21 heavy (non-hydrogen) atoms. The zero-order chi connectivity index (χ0) is 14.7. The topological polar surface area (TPSA) is 44.5 Å². The molecule has 0 amide bonds. The summed E-state index contributed by atoms with van der Waals surface area (Å²) in [7, 11) is 0. The summed E-state index contributed by atoms with van der Waals surface area (Å²) >= 11 is 0. The van der Waals surface area contributed by atoms with Crippen LogP contribution < -0.4 is 10.5 Å². The summed E-state index contributed by atoms with van der Waals surface area (Å²) in [5.74, 6) is 0.947. The van der Waals surface area contributed by atoms with Crippen molar-refractivity contribution in [3.63, 3.8) is 0 Å². The van der Waals surface area contributed by atoms with Gasteiger partial charge in [0.2, 0.25) is 0 Å². The molecule has 2 unspecified atom stereocenters. The lowest BCUT2D eigenvalue weighted by Gasteiger charge is -2.43. The van der Waals surface area contributed by atoms with Crippen molar-refractivity contribution in [1.82, 2.24) is 0 Å². The molecule has 1 saturated heterocycles. The summed E-state index contributed by atoms with van der Waals surface area (Å²) in [5, 5.41) is 0. The Morgan fingerprint density at radius 2 is 2.10 bits per heavy atom. The zero-order valence-corrected chi connectivity index (χ0v) is 13.0. The molecule has 2 N–H and O–H groups in total. The molecule has 3 heteroatoms. The molecule has 2 atom stereocenters. The molecule has 2 fully saturated rings. The summed E-state index contributed by atoms with van der Waals surface area (Å²) < 4.78 is 12.4. The van der Waals surface area contributed by atoms with Crippen molar-refractivity contribution in [2.24, 2.45) is 5.73 Å². The lowest BCUT2D eigenvalue weighted by Crippen LogP contribution is -2.45. The number of ether oxygens (including phenoxy) is 2. The van der Waals surface area contributed by atoms with Gasteiger partial charge in [-0.3, -0.25) is 0 Å². The first kappa shape index (κ1) is 14.9. The molecule has 1 aromatic carbocycles. The van der Waals surface area contributed by atoms with E-state index in [4.69, 9.17) is 15.2 Å². The molecule has 3 nitrogen and oxygen atoms in total. The second-order valence-electron chi connectivity index (χ2n) is 6.69. The van der Waals surface area contributed by atoms with Crippen molar-refractivity contribution in [3.05, 3.63) is 29.8 Å². The van der Waals surface area contributed by atoms with E-state index in [2.05, 4.69) is 12.1 Å². The lowest BCUT2D eigenvalue weighted by molar-refractivity contribution is -0.129. The molecular formula is C18H27NO2. The predicted octanol–water partition coefficient (Wildman–Crippen LogP) is 3.97. The van der Waals surface area contributed by atoms with Crippen LogP contribution in [0.3, 0.4) is 0 Å². The van der Waals surface area contributed by atoms with Gasteiger partial charge in [0.05, 0.1) is 12.2 Å². The van der Waals surface area contributed by atoms with Crippen LogP contribution in [0.4, 0.5) is 0 Å². The fourth-order valence-electron chi connectivity index (χ4n) is 3.69. The maximum absolute atomic E-state index is 6.24. The van der Waals surface area contributed by atoms with Crippen molar-refractivity contribution in [3.8, 4) is 5.75 Å². The van der Waals surface area contributed by atoms with Crippen molar-refractivity contribution < 1.29 is 9.47 Å². The van der Waals surface area contributed by atoms with Crippen LogP contribution >= 0.6 is 0 Å². The molecule has 1 spiro atoms. The third-order valence-corrected chi connectivity index (χ3v) is 4.90. The van der Waals surface area contributed by atoms with Crippen LogP contribution in [-0.2, 0) is 4.74 Å². The predicted molar refractivity (Wildman–Crippen MR) is 84.5 cm³/mol. The van der Waals surface area contributed by atoms with E-state index in [1.807, 2.05) is 19.1 Å². The highest BCUT2D eigenvalue weighted by Crippen LogP contribution is 2.39. The molecule has 1 aromatic rings. The fraction of sp³-hybridized carbons (Fsp3) is 0.667. The van der Waals surface area contributed by atoms with Crippen molar-refractivity contribution >= 4 is 0 Å². The van der Waals surface area contributed by atoms with Crippen molar-refractivity contribution in [2.75, 3.05) is 6.61 Å². The first-order chi connectivity index (χ1) is 10.2. The maximum atomic E-state index is 6.24. The number of nitrogens with two attached hydrogens (primary N) is 1. The van der Waals surface area contributed by atoms with E-state index in [9.17, 15) is 0 Å². The molecule has 1 aliphatic heterocycles. The molecule has 3 rings (SSSR count). The van der Waals surface area contributed by atoms with Crippen molar-refractivity contribution in [2.45, 2.75) is 69.6 Å². The molecule has 0 bridgehead atoms. The van der Waals surface area contributed by atoms with Gasteiger partial charge in [-0.25, -0.2) is 0 Å². The highest BCUT2D eigenvalue weighted by Gasteiger charge is 2.39. The Kier molecular flexibility index (Phi) is 4.51. The average Bonchev–Trinajstić information content (AvgIpc) is 2.48. The number of rotatable bonds is 3. The zero-order valence-electron chi connectivity index (χ0n) is 13.0. The minimum Gasteiger partial charge on any atom is -0.490 e. The molecule has 1 heterocycles. The van der Waals surface area contributed by atoms with Crippen LogP contribution in [0.15, 0.2) is 24.3 Å². The standard InChI is InChI=1S/C18H27NO2/c1-14(19)15-6-5-7-16(12-15)21-17-8-11-20-18(13-17)9-3-2-4-10-18/h5-7,12,14,17H,2-4,8-11,13,19H2,1H3. The number of benzene rings is 1. The Hall–Kier alpha value is -1.06. The van der Waals surface area contributed by atoms with Gasteiger partial charge in [-0.05, 0) is 37.5 Å². The minimum atomic E-state index is 0.0490. The monoisotopic (exact) mass is 289 g/mol. The maximum Gasteiger partial charge on any atom is 0.120 e. The van der Waals surface area contributed by atoms with Crippen LogP contribution in [0.1, 0.15) is 63.5 Å². The third-order valence-electron chi connectivity index (χ3n) is 4.90.